The van der Waals surface area contributed by atoms with Crippen molar-refractivity contribution in [2.24, 2.45) is 0 Å². The van der Waals surface area contributed by atoms with E-state index in [0.717, 1.165) is 13.1 Å². The molecule has 0 amide bonds. The van der Waals surface area contributed by atoms with Crippen molar-refractivity contribution in [3.63, 3.8) is 0 Å². The monoisotopic (exact) mass is 372 g/mol. The summed E-state index contributed by atoms with van der Waals surface area (Å²) in [6.45, 7) is 4.02. The highest BCUT2D eigenvalue weighted by Crippen LogP contribution is 2.22. The Kier molecular flexibility index (Phi) is 8.89. The van der Waals surface area contributed by atoms with Crippen LogP contribution in [0.2, 0.25) is 0 Å². The molecule has 0 saturated carbocycles. The molecule has 4 heteroatoms. The van der Waals surface area contributed by atoms with Crippen molar-refractivity contribution >= 4 is 34.0 Å². The second-order valence-corrected chi connectivity index (χ2v) is 3.67. The van der Waals surface area contributed by atoms with E-state index in [0.29, 0.717) is 0 Å². The highest BCUT2D eigenvalue weighted by molar-refractivity contribution is 8.93. The van der Waals surface area contributed by atoms with Gasteiger partial charge in [-0.3, -0.25) is 4.98 Å². The lowest BCUT2D eigenvalue weighted by Gasteiger charge is -2.09. The number of pyridine rings is 1. The third kappa shape index (κ3) is 4.52. The molecule has 0 aliphatic rings. The van der Waals surface area contributed by atoms with Gasteiger partial charge in [-0.05, 0) is 35.4 Å². The van der Waals surface area contributed by atoms with Gasteiger partial charge in [-0.15, -0.1) is 34.0 Å². The molecule has 2 nitrogen and oxygen atoms in total. The average Bonchev–Trinajstić information content (AvgIpc) is 2.38. The molecule has 0 aliphatic carbocycles. The molecule has 0 saturated heterocycles. The van der Waals surface area contributed by atoms with E-state index in [9.17, 15) is 0 Å². The van der Waals surface area contributed by atoms with Crippen LogP contribution in [0.15, 0.2) is 48.8 Å². The molecule has 1 N–H and O–H groups in total. The van der Waals surface area contributed by atoms with Gasteiger partial charge in [0.1, 0.15) is 0 Å². The second-order valence-electron chi connectivity index (χ2n) is 3.67. The fourth-order valence-corrected chi connectivity index (χ4v) is 1.75. The van der Waals surface area contributed by atoms with Crippen molar-refractivity contribution in [3.05, 3.63) is 54.4 Å². The predicted octanol–water partition coefficient (Wildman–Crippen LogP) is 4.01. The summed E-state index contributed by atoms with van der Waals surface area (Å²) in [6.07, 6.45) is 3.67. The summed E-state index contributed by atoms with van der Waals surface area (Å²) in [5.74, 6) is 0. The van der Waals surface area contributed by atoms with Crippen molar-refractivity contribution in [1.29, 1.82) is 0 Å². The largest absolute Gasteiger partial charge is 0.313 e. The van der Waals surface area contributed by atoms with Gasteiger partial charge in [0, 0.05) is 18.9 Å². The van der Waals surface area contributed by atoms with Crippen molar-refractivity contribution in [2.45, 2.75) is 13.5 Å². The van der Waals surface area contributed by atoms with Crippen LogP contribution in [0.4, 0.5) is 0 Å². The van der Waals surface area contributed by atoms with Crippen LogP contribution in [-0.4, -0.2) is 11.5 Å². The Morgan fingerprint density at radius 2 is 1.67 bits per heavy atom. The van der Waals surface area contributed by atoms with E-state index in [1.165, 1.54) is 16.7 Å². The van der Waals surface area contributed by atoms with Crippen LogP contribution in [0, 0.1) is 0 Å². The summed E-state index contributed by atoms with van der Waals surface area (Å²) < 4.78 is 0. The van der Waals surface area contributed by atoms with Crippen LogP contribution < -0.4 is 5.32 Å². The fraction of sp³-hybridized carbons (Fsp3) is 0.214. The zero-order valence-electron chi connectivity index (χ0n) is 10.3. The third-order valence-corrected chi connectivity index (χ3v) is 2.57. The summed E-state index contributed by atoms with van der Waals surface area (Å²) in [5, 5.41) is 3.36. The Hall–Kier alpha value is -0.710. The standard InChI is InChI=1S/C14H16N2.2BrH/c1-2-15-11-13-5-3-4-6-14(13)12-7-9-16-10-8-12;;/h3-10,15H,2,11H2,1H3;2*1H. The Bertz CT molecular complexity index is 447. The quantitative estimate of drug-likeness (QED) is 0.875. The number of halogens is 2. The predicted molar refractivity (Wildman–Crippen MR) is 87.7 cm³/mol. The molecule has 0 aliphatic heterocycles. The van der Waals surface area contributed by atoms with Crippen LogP contribution in [0.1, 0.15) is 12.5 Å². The van der Waals surface area contributed by atoms with Crippen LogP contribution in [-0.2, 0) is 6.54 Å². The molecule has 0 unspecified atom stereocenters. The first kappa shape index (κ1) is 17.3. The van der Waals surface area contributed by atoms with Gasteiger partial charge in [0.25, 0.3) is 0 Å². The molecule has 1 heterocycles. The molecule has 0 spiro atoms. The molecular weight excluding hydrogens is 356 g/mol. The van der Waals surface area contributed by atoms with Crippen LogP contribution in [0.25, 0.3) is 11.1 Å². The summed E-state index contributed by atoms with van der Waals surface area (Å²) in [4.78, 5) is 4.05. The number of rotatable bonds is 4. The average molecular weight is 374 g/mol. The first-order valence-electron chi connectivity index (χ1n) is 5.61. The lowest BCUT2D eigenvalue weighted by atomic mass is 10.0. The lowest BCUT2D eigenvalue weighted by molar-refractivity contribution is 0.728. The summed E-state index contributed by atoms with van der Waals surface area (Å²) >= 11 is 0. The molecule has 2 rings (SSSR count). The molecule has 2 aromatic rings. The van der Waals surface area contributed by atoms with Gasteiger partial charge in [-0.2, -0.15) is 0 Å². The molecular formula is C14H18Br2N2. The Morgan fingerprint density at radius 3 is 2.33 bits per heavy atom. The first-order valence-corrected chi connectivity index (χ1v) is 5.61. The van der Waals surface area contributed by atoms with E-state index in [-0.39, 0.29) is 34.0 Å². The van der Waals surface area contributed by atoms with Crippen molar-refractivity contribution < 1.29 is 0 Å². The minimum absolute atomic E-state index is 0. The van der Waals surface area contributed by atoms with Gasteiger partial charge in [-0.25, -0.2) is 0 Å². The molecule has 0 fully saturated rings. The lowest BCUT2D eigenvalue weighted by Crippen LogP contribution is -2.12. The molecule has 18 heavy (non-hydrogen) atoms. The van der Waals surface area contributed by atoms with E-state index < -0.39 is 0 Å². The van der Waals surface area contributed by atoms with Gasteiger partial charge >= 0.3 is 0 Å². The maximum atomic E-state index is 4.05. The number of hydrogen-bond acceptors (Lipinski definition) is 2. The minimum Gasteiger partial charge on any atom is -0.313 e. The maximum Gasteiger partial charge on any atom is 0.0273 e. The number of benzene rings is 1. The number of nitrogens with zero attached hydrogens (tertiary/aromatic N) is 1. The van der Waals surface area contributed by atoms with Gasteiger partial charge in [0.2, 0.25) is 0 Å². The first-order chi connectivity index (χ1) is 7.92. The second kappa shape index (κ2) is 9.25. The molecule has 0 atom stereocenters. The van der Waals surface area contributed by atoms with E-state index >= 15 is 0 Å². The highest BCUT2D eigenvalue weighted by Gasteiger charge is 2.02. The van der Waals surface area contributed by atoms with Crippen molar-refractivity contribution in [1.82, 2.24) is 10.3 Å². The van der Waals surface area contributed by atoms with Gasteiger partial charge in [0.05, 0.1) is 0 Å². The Morgan fingerprint density at radius 1 is 1.00 bits per heavy atom. The van der Waals surface area contributed by atoms with E-state index in [2.05, 4.69) is 41.5 Å². The Balaban J connectivity index is 0.00000144. The maximum absolute atomic E-state index is 4.05. The normalized spacial score (nSPS) is 9.17. The third-order valence-electron chi connectivity index (χ3n) is 2.57. The summed E-state index contributed by atoms with van der Waals surface area (Å²) in [5.41, 5.74) is 3.84. The van der Waals surface area contributed by atoms with Gasteiger partial charge < -0.3 is 5.32 Å². The smallest absolute Gasteiger partial charge is 0.0273 e. The van der Waals surface area contributed by atoms with Crippen molar-refractivity contribution in [3.8, 4) is 11.1 Å². The van der Waals surface area contributed by atoms with E-state index in [4.69, 9.17) is 0 Å². The van der Waals surface area contributed by atoms with Crippen LogP contribution in [0.5, 0.6) is 0 Å². The minimum atomic E-state index is 0. The Labute approximate surface area is 129 Å². The van der Waals surface area contributed by atoms with Crippen LogP contribution in [0.3, 0.4) is 0 Å². The SMILES string of the molecule is Br.Br.CCNCc1ccccc1-c1ccncc1. The highest BCUT2D eigenvalue weighted by atomic mass is 79.9. The summed E-state index contributed by atoms with van der Waals surface area (Å²) in [6, 6.07) is 12.6. The van der Waals surface area contributed by atoms with E-state index in [1.54, 1.807) is 0 Å². The summed E-state index contributed by atoms with van der Waals surface area (Å²) in [7, 11) is 0. The molecule has 0 radical (unpaired) electrons. The molecule has 98 valence electrons. The fourth-order valence-electron chi connectivity index (χ4n) is 1.75. The topological polar surface area (TPSA) is 24.9 Å². The molecule has 1 aromatic heterocycles. The zero-order valence-corrected chi connectivity index (χ0v) is 13.7. The van der Waals surface area contributed by atoms with E-state index in [1.807, 2.05) is 24.5 Å². The number of hydrogen-bond donors (Lipinski definition) is 1. The van der Waals surface area contributed by atoms with Gasteiger partial charge in [-0.1, -0.05) is 31.2 Å². The van der Waals surface area contributed by atoms with Crippen LogP contribution >= 0.6 is 34.0 Å². The number of nitrogens with one attached hydrogen (secondary N) is 1. The molecule has 0 bridgehead atoms. The van der Waals surface area contributed by atoms with Gasteiger partial charge in [0.15, 0.2) is 0 Å². The number of aromatic nitrogens is 1. The molecule has 1 aromatic carbocycles. The zero-order chi connectivity index (χ0) is 11.2. The van der Waals surface area contributed by atoms with Crippen molar-refractivity contribution in [2.75, 3.05) is 6.54 Å².